The first kappa shape index (κ1) is 12.8. The molecule has 1 aromatic rings. The van der Waals surface area contributed by atoms with E-state index in [9.17, 15) is 4.79 Å². The Morgan fingerprint density at radius 1 is 1.39 bits per heavy atom. The number of hydrogen-bond acceptors (Lipinski definition) is 3. The van der Waals surface area contributed by atoms with Crippen molar-refractivity contribution in [2.24, 2.45) is 0 Å². The zero-order valence-electron chi connectivity index (χ0n) is 10.8. The highest BCUT2D eigenvalue weighted by Crippen LogP contribution is 2.10. The number of ether oxygens (including phenoxy) is 1. The van der Waals surface area contributed by atoms with E-state index in [2.05, 4.69) is 10.3 Å². The molecule has 2 rings (SSSR count). The van der Waals surface area contributed by atoms with Crippen molar-refractivity contribution in [2.75, 3.05) is 13.1 Å². The number of morpholine rings is 1. The molecule has 0 radical (unpaired) electrons. The van der Waals surface area contributed by atoms with Crippen molar-refractivity contribution in [3.05, 3.63) is 30.1 Å². The zero-order chi connectivity index (χ0) is 13.0. The summed E-state index contributed by atoms with van der Waals surface area (Å²) >= 11 is 0. The van der Waals surface area contributed by atoms with Crippen molar-refractivity contribution in [1.82, 2.24) is 15.2 Å². The van der Waals surface area contributed by atoms with E-state index < -0.39 is 0 Å². The van der Waals surface area contributed by atoms with Crippen LogP contribution in [0.3, 0.4) is 0 Å². The third kappa shape index (κ3) is 3.43. The zero-order valence-corrected chi connectivity index (χ0v) is 10.8. The molecule has 1 aromatic heterocycles. The van der Waals surface area contributed by atoms with Gasteiger partial charge in [-0.3, -0.25) is 4.98 Å². The standard InChI is InChI=1S/C13H19N3O2/c1-10-8-16(9-11(2)18-10)13(17)15-7-12-3-5-14-6-4-12/h3-6,10-11H,7-9H2,1-2H3,(H,15,17). The van der Waals surface area contributed by atoms with Crippen LogP contribution in [0.5, 0.6) is 0 Å². The average Bonchev–Trinajstić information content (AvgIpc) is 2.36. The number of nitrogens with zero attached hydrogens (tertiary/aromatic N) is 2. The van der Waals surface area contributed by atoms with Crippen molar-refractivity contribution in [3.63, 3.8) is 0 Å². The van der Waals surface area contributed by atoms with Gasteiger partial charge in [0.25, 0.3) is 0 Å². The van der Waals surface area contributed by atoms with Crippen LogP contribution in [0, 0.1) is 0 Å². The maximum Gasteiger partial charge on any atom is 0.317 e. The lowest BCUT2D eigenvalue weighted by molar-refractivity contribution is -0.0545. The highest BCUT2D eigenvalue weighted by atomic mass is 16.5. The summed E-state index contributed by atoms with van der Waals surface area (Å²) in [6, 6.07) is 3.75. The molecular weight excluding hydrogens is 230 g/mol. The summed E-state index contributed by atoms with van der Waals surface area (Å²) in [5, 5.41) is 2.91. The molecule has 98 valence electrons. The molecule has 0 saturated carbocycles. The number of aromatic nitrogens is 1. The lowest BCUT2D eigenvalue weighted by Gasteiger charge is -2.35. The van der Waals surface area contributed by atoms with Gasteiger partial charge in [-0.05, 0) is 31.5 Å². The first-order chi connectivity index (χ1) is 8.65. The van der Waals surface area contributed by atoms with Gasteiger partial charge in [-0.1, -0.05) is 0 Å². The molecule has 0 aromatic carbocycles. The van der Waals surface area contributed by atoms with Crippen molar-refractivity contribution >= 4 is 6.03 Å². The Balaban J connectivity index is 1.84. The van der Waals surface area contributed by atoms with Crippen LogP contribution in [0.25, 0.3) is 0 Å². The summed E-state index contributed by atoms with van der Waals surface area (Å²) in [4.78, 5) is 17.8. The van der Waals surface area contributed by atoms with Gasteiger partial charge in [-0.25, -0.2) is 4.79 Å². The van der Waals surface area contributed by atoms with Crippen LogP contribution < -0.4 is 5.32 Å². The maximum atomic E-state index is 12.0. The van der Waals surface area contributed by atoms with Gasteiger partial charge >= 0.3 is 6.03 Å². The third-order valence-electron chi connectivity index (χ3n) is 2.90. The summed E-state index contributed by atoms with van der Waals surface area (Å²) in [5.74, 6) is 0. The van der Waals surface area contributed by atoms with Gasteiger partial charge < -0.3 is 15.0 Å². The molecule has 1 fully saturated rings. The number of rotatable bonds is 2. The monoisotopic (exact) mass is 249 g/mol. The van der Waals surface area contributed by atoms with Gasteiger partial charge in [0, 0.05) is 32.0 Å². The first-order valence-corrected chi connectivity index (χ1v) is 6.22. The van der Waals surface area contributed by atoms with Crippen molar-refractivity contribution < 1.29 is 9.53 Å². The lowest BCUT2D eigenvalue weighted by atomic mass is 10.2. The van der Waals surface area contributed by atoms with Crippen LogP contribution in [0.1, 0.15) is 19.4 Å². The van der Waals surface area contributed by atoms with Gasteiger partial charge in [-0.2, -0.15) is 0 Å². The van der Waals surface area contributed by atoms with Crippen molar-refractivity contribution in [1.29, 1.82) is 0 Å². The van der Waals surface area contributed by atoms with Crippen LogP contribution in [-0.4, -0.2) is 41.2 Å². The smallest absolute Gasteiger partial charge is 0.317 e. The van der Waals surface area contributed by atoms with E-state index in [1.54, 1.807) is 17.3 Å². The molecule has 5 nitrogen and oxygen atoms in total. The SMILES string of the molecule is CC1CN(C(=O)NCc2ccncc2)CC(C)O1. The Bertz CT molecular complexity index is 386. The highest BCUT2D eigenvalue weighted by Gasteiger charge is 2.25. The predicted octanol–water partition coefficient (Wildman–Crippen LogP) is 1.40. The molecule has 0 aliphatic carbocycles. The summed E-state index contributed by atoms with van der Waals surface area (Å²) in [6.07, 6.45) is 3.64. The summed E-state index contributed by atoms with van der Waals surface area (Å²) < 4.78 is 5.60. The highest BCUT2D eigenvalue weighted by molar-refractivity contribution is 5.74. The number of nitrogens with one attached hydrogen (secondary N) is 1. The van der Waals surface area contributed by atoms with Gasteiger partial charge in [0.05, 0.1) is 12.2 Å². The van der Waals surface area contributed by atoms with E-state index in [0.717, 1.165) is 5.56 Å². The number of amides is 2. The third-order valence-corrected chi connectivity index (χ3v) is 2.90. The summed E-state index contributed by atoms with van der Waals surface area (Å²) in [5.41, 5.74) is 1.05. The second kappa shape index (κ2) is 5.82. The molecule has 5 heteroatoms. The van der Waals surface area contributed by atoms with E-state index in [1.807, 2.05) is 26.0 Å². The molecule has 1 saturated heterocycles. The minimum absolute atomic E-state index is 0.0335. The first-order valence-electron chi connectivity index (χ1n) is 6.22. The van der Waals surface area contributed by atoms with Crippen LogP contribution in [0.4, 0.5) is 4.79 Å². The predicted molar refractivity (Wildman–Crippen MR) is 68.1 cm³/mol. The summed E-state index contributed by atoms with van der Waals surface area (Å²) in [6.45, 7) is 5.79. The molecule has 2 heterocycles. The number of carbonyl (C=O) groups excluding carboxylic acids is 1. The van der Waals surface area contributed by atoms with Gasteiger partial charge in [0.2, 0.25) is 0 Å². The number of urea groups is 1. The van der Waals surface area contributed by atoms with Gasteiger partial charge in [0.15, 0.2) is 0 Å². The van der Waals surface area contributed by atoms with E-state index >= 15 is 0 Å². The number of pyridine rings is 1. The van der Waals surface area contributed by atoms with Crippen LogP contribution >= 0.6 is 0 Å². The topological polar surface area (TPSA) is 54.5 Å². The molecule has 2 amide bonds. The average molecular weight is 249 g/mol. The van der Waals surface area contributed by atoms with E-state index in [1.165, 1.54) is 0 Å². The quantitative estimate of drug-likeness (QED) is 0.862. The van der Waals surface area contributed by atoms with Crippen LogP contribution in [0.2, 0.25) is 0 Å². The van der Waals surface area contributed by atoms with E-state index in [4.69, 9.17) is 4.74 Å². The second-order valence-corrected chi connectivity index (χ2v) is 4.68. The fourth-order valence-corrected chi connectivity index (χ4v) is 2.13. The molecule has 0 bridgehead atoms. The fourth-order valence-electron chi connectivity index (χ4n) is 2.13. The Morgan fingerprint density at radius 2 is 2.00 bits per heavy atom. The molecule has 2 unspecified atom stereocenters. The molecule has 1 aliphatic heterocycles. The Hall–Kier alpha value is -1.62. The van der Waals surface area contributed by atoms with Crippen molar-refractivity contribution in [3.8, 4) is 0 Å². The maximum absolute atomic E-state index is 12.0. The molecular formula is C13H19N3O2. The molecule has 18 heavy (non-hydrogen) atoms. The van der Waals surface area contributed by atoms with Crippen LogP contribution in [-0.2, 0) is 11.3 Å². The molecule has 2 atom stereocenters. The minimum atomic E-state index is -0.0335. The minimum Gasteiger partial charge on any atom is -0.372 e. The molecule has 0 spiro atoms. The Morgan fingerprint density at radius 3 is 2.61 bits per heavy atom. The number of carbonyl (C=O) groups is 1. The van der Waals surface area contributed by atoms with Crippen molar-refractivity contribution in [2.45, 2.75) is 32.6 Å². The van der Waals surface area contributed by atoms with E-state index in [0.29, 0.717) is 19.6 Å². The normalized spacial score (nSPS) is 23.8. The Kier molecular flexibility index (Phi) is 4.15. The van der Waals surface area contributed by atoms with Crippen LogP contribution in [0.15, 0.2) is 24.5 Å². The fraction of sp³-hybridized carbons (Fsp3) is 0.538. The van der Waals surface area contributed by atoms with E-state index in [-0.39, 0.29) is 18.2 Å². The number of hydrogen-bond donors (Lipinski definition) is 1. The summed E-state index contributed by atoms with van der Waals surface area (Å²) in [7, 11) is 0. The molecule has 1 N–H and O–H groups in total. The van der Waals surface area contributed by atoms with Gasteiger partial charge in [-0.15, -0.1) is 0 Å². The Labute approximate surface area is 107 Å². The van der Waals surface area contributed by atoms with Gasteiger partial charge in [0.1, 0.15) is 0 Å². The molecule has 1 aliphatic rings. The second-order valence-electron chi connectivity index (χ2n) is 4.68. The lowest BCUT2D eigenvalue weighted by Crippen LogP contribution is -2.51. The largest absolute Gasteiger partial charge is 0.372 e.